The predicted octanol–water partition coefficient (Wildman–Crippen LogP) is 4.16. The molecule has 0 spiro atoms. The summed E-state index contributed by atoms with van der Waals surface area (Å²) < 4.78 is 5.26. The summed E-state index contributed by atoms with van der Waals surface area (Å²) in [5, 5.41) is 7.30. The van der Waals surface area contributed by atoms with Gasteiger partial charge in [-0.25, -0.2) is 4.79 Å². The topological polar surface area (TPSA) is 72.0 Å². The maximum Gasteiger partial charge on any atom is 0.341 e. The fourth-order valence-electron chi connectivity index (χ4n) is 3.16. The molecule has 1 aromatic heterocycles. The molecule has 0 aliphatic rings. The highest BCUT2D eigenvalue weighted by atomic mass is 32.1. The van der Waals surface area contributed by atoms with Gasteiger partial charge in [-0.1, -0.05) is 60.2 Å². The minimum absolute atomic E-state index is 0.152. The summed E-state index contributed by atoms with van der Waals surface area (Å²) in [4.78, 5) is 25.2. The summed E-state index contributed by atoms with van der Waals surface area (Å²) in [5.74, 6) is -0.577. The van der Waals surface area contributed by atoms with Gasteiger partial charge in [0, 0.05) is 16.5 Å². The van der Waals surface area contributed by atoms with Gasteiger partial charge in [0.15, 0.2) is 6.54 Å². The van der Waals surface area contributed by atoms with Crippen molar-refractivity contribution in [2.75, 3.05) is 18.5 Å². The van der Waals surface area contributed by atoms with Crippen LogP contribution in [0, 0.1) is 6.92 Å². The van der Waals surface area contributed by atoms with Crippen molar-refractivity contribution >= 4 is 28.2 Å². The van der Waals surface area contributed by atoms with Crippen molar-refractivity contribution in [2.24, 2.45) is 0 Å². The van der Waals surface area contributed by atoms with E-state index in [1.807, 2.05) is 72.2 Å². The summed E-state index contributed by atoms with van der Waals surface area (Å²) in [7, 11) is 0. The number of benzene rings is 2. The number of rotatable bonds is 8. The number of aryl methyl sites for hydroxylation is 1. The maximum absolute atomic E-state index is 12.6. The van der Waals surface area contributed by atoms with Gasteiger partial charge in [0.05, 0.1) is 6.61 Å². The number of carbonyl (C=O) groups excluding carboxylic acids is 2. The smallest absolute Gasteiger partial charge is 0.341 e. The van der Waals surface area contributed by atoms with E-state index in [9.17, 15) is 9.59 Å². The Kier molecular flexibility index (Phi) is 7.38. The van der Waals surface area contributed by atoms with E-state index in [1.165, 1.54) is 11.3 Å². The molecule has 1 amide bonds. The van der Waals surface area contributed by atoms with Crippen LogP contribution >= 0.6 is 11.3 Å². The van der Waals surface area contributed by atoms with E-state index in [0.29, 0.717) is 10.6 Å². The monoisotopic (exact) mass is 423 g/mol. The van der Waals surface area contributed by atoms with Crippen LogP contribution in [0.15, 0.2) is 60.0 Å². The quantitative estimate of drug-likeness (QED) is 0.534. The van der Waals surface area contributed by atoms with E-state index >= 15 is 0 Å². The number of amides is 1. The lowest BCUT2D eigenvalue weighted by molar-refractivity contribution is -0.682. The molecular formula is C24H27N2O3S+. The minimum Gasteiger partial charge on any atom is -0.462 e. The molecule has 6 heteroatoms. The molecule has 5 nitrogen and oxygen atoms in total. The van der Waals surface area contributed by atoms with Crippen LogP contribution in [0.4, 0.5) is 5.00 Å². The molecule has 0 saturated carbocycles. The van der Waals surface area contributed by atoms with Gasteiger partial charge in [-0.2, -0.15) is 0 Å². The summed E-state index contributed by atoms with van der Waals surface area (Å²) in [6, 6.07) is 18.2. The second-order valence-electron chi connectivity index (χ2n) is 7.13. The van der Waals surface area contributed by atoms with Crippen molar-refractivity contribution in [3.8, 4) is 11.1 Å². The number of thiophene rings is 1. The molecule has 1 atom stereocenters. The lowest BCUT2D eigenvalue weighted by Crippen LogP contribution is -2.86. The average molecular weight is 424 g/mol. The Morgan fingerprint density at radius 2 is 1.80 bits per heavy atom. The predicted molar refractivity (Wildman–Crippen MR) is 121 cm³/mol. The maximum atomic E-state index is 12.6. The van der Waals surface area contributed by atoms with Crippen LogP contribution in [0.5, 0.6) is 0 Å². The Bertz CT molecular complexity index is 997. The Labute approximate surface area is 181 Å². The van der Waals surface area contributed by atoms with E-state index in [4.69, 9.17) is 4.74 Å². The van der Waals surface area contributed by atoms with Crippen molar-refractivity contribution in [1.29, 1.82) is 0 Å². The van der Waals surface area contributed by atoms with E-state index in [2.05, 4.69) is 12.2 Å². The third kappa shape index (κ3) is 5.34. The lowest BCUT2D eigenvalue weighted by atomic mass is 10.0. The molecule has 3 rings (SSSR count). The molecule has 0 aliphatic heterocycles. The van der Waals surface area contributed by atoms with Gasteiger partial charge in [0.2, 0.25) is 0 Å². The minimum atomic E-state index is -0.425. The number of nitrogens with one attached hydrogen (secondary N) is 1. The van der Waals surface area contributed by atoms with E-state index in [-0.39, 0.29) is 25.1 Å². The zero-order chi connectivity index (χ0) is 21.5. The molecule has 3 N–H and O–H groups in total. The van der Waals surface area contributed by atoms with Crippen LogP contribution < -0.4 is 10.6 Å². The molecule has 0 bridgehead atoms. The Morgan fingerprint density at radius 1 is 1.10 bits per heavy atom. The first-order chi connectivity index (χ1) is 14.5. The number of ether oxygens (including phenoxy) is 1. The number of nitrogens with two attached hydrogens (primary N) is 1. The number of carbonyl (C=O) groups is 2. The normalized spacial score (nSPS) is 11.7. The molecule has 30 heavy (non-hydrogen) atoms. The highest BCUT2D eigenvalue weighted by Gasteiger charge is 2.23. The van der Waals surface area contributed by atoms with Crippen LogP contribution in [-0.4, -0.2) is 25.0 Å². The van der Waals surface area contributed by atoms with Crippen LogP contribution in [0.25, 0.3) is 11.1 Å². The fourth-order valence-corrected chi connectivity index (χ4v) is 4.13. The Hall–Kier alpha value is -2.96. The van der Waals surface area contributed by atoms with Gasteiger partial charge in [0.1, 0.15) is 16.6 Å². The first-order valence-electron chi connectivity index (χ1n) is 10.0. The molecule has 0 fully saturated rings. The second-order valence-corrected chi connectivity index (χ2v) is 8.01. The molecule has 0 aliphatic carbocycles. The third-order valence-corrected chi connectivity index (χ3v) is 5.76. The van der Waals surface area contributed by atoms with Crippen molar-refractivity contribution in [3.63, 3.8) is 0 Å². The van der Waals surface area contributed by atoms with Crippen LogP contribution in [0.3, 0.4) is 0 Å². The van der Waals surface area contributed by atoms with E-state index in [0.717, 1.165) is 22.3 Å². The molecule has 156 valence electrons. The number of anilines is 1. The first kappa shape index (κ1) is 21.7. The average Bonchev–Trinajstić information content (AvgIpc) is 3.17. The van der Waals surface area contributed by atoms with E-state index in [1.54, 1.807) is 6.92 Å². The summed E-state index contributed by atoms with van der Waals surface area (Å²) in [6.07, 6.45) is 0. The lowest BCUT2D eigenvalue weighted by Gasteiger charge is -2.11. The van der Waals surface area contributed by atoms with Crippen molar-refractivity contribution in [2.45, 2.75) is 26.8 Å². The third-order valence-electron chi connectivity index (χ3n) is 4.87. The second kappa shape index (κ2) is 10.2. The zero-order valence-corrected chi connectivity index (χ0v) is 18.3. The SMILES string of the molecule is CCOC(=O)c1c(-c2ccc(C)cc2)csc1NC(=O)C[NH2+]C(C)c1ccccc1. The van der Waals surface area contributed by atoms with Crippen LogP contribution in [-0.2, 0) is 9.53 Å². The van der Waals surface area contributed by atoms with E-state index < -0.39 is 5.97 Å². The first-order valence-corrected chi connectivity index (χ1v) is 10.9. The number of esters is 1. The zero-order valence-electron chi connectivity index (χ0n) is 17.5. The molecule has 0 radical (unpaired) electrons. The number of hydrogen-bond donors (Lipinski definition) is 2. The molecule has 1 unspecified atom stereocenters. The summed E-state index contributed by atoms with van der Waals surface area (Å²) in [6.45, 7) is 6.39. The van der Waals surface area contributed by atoms with Crippen molar-refractivity contribution in [1.82, 2.24) is 0 Å². The van der Waals surface area contributed by atoms with Gasteiger partial charge in [-0.15, -0.1) is 11.3 Å². The fraction of sp³-hybridized carbons (Fsp3) is 0.250. The van der Waals surface area contributed by atoms with Crippen molar-refractivity contribution in [3.05, 3.63) is 76.7 Å². The highest BCUT2D eigenvalue weighted by Crippen LogP contribution is 2.36. The highest BCUT2D eigenvalue weighted by molar-refractivity contribution is 7.15. The van der Waals surface area contributed by atoms with Gasteiger partial charge < -0.3 is 15.4 Å². The number of hydrogen-bond acceptors (Lipinski definition) is 4. The van der Waals surface area contributed by atoms with Crippen molar-refractivity contribution < 1.29 is 19.6 Å². The van der Waals surface area contributed by atoms with Gasteiger partial charge in [-0.3, -0.25) is 4.79 Å². The Morgan fingerprint density at radius 3 is 2.47 bits per heavy atom. The summed E-state index contributed by atoms with van der Waals surface area (Å²) in [5.41, 5.74) is 4.41. The van der Waals surface area contributed by atoms with Crippen LogP contribution in [0.2, 0.25) is 0 Å². The Balaban J connectivity index is 1.75. The standard InChI is InChI=1S/C24H26N2O3S/c1-4-29-24(28)22-20(19-12-10-16(2)11-13-19)15-30-23(22)26-21(27)14-25-17(3)18-8-6-5-7-9-18/h5-13,15,17,25H,4,14H2,1-3H3,(H,26,27)/p+1. The molecule has 0 saturated heterocycles. The molecule has 1 heterocycles. The summed E-state index contributed by atoms with van der Waals surface area (Å²) >= 11 is 1.34. The molecule has 3 aromatic rings. The largest absolute Gasteiger partial charge is 0.462 e. The molecule has 2 aromatic carbocycles. The number of quaternary nitrogens is 1. The molecular weight excluding hydrogens is 396 g/mol. The van der Waals surface area contributed by atoms with Gasteiger partial charge in [0.25, 0.3) is 5.91 Å². The van der Waals surface area contributed by atoms with Gasteiger partial charge >= 0.3 is 5.97 Å². The van der Waals surface area contributed by atoms with Crippen LogP contribution in [0.1, 0.15) is 41.4 Å². The van der Waals surface area contributed by atoms with Gasteiger partial charge in [-0.05, 0) is 26.3 Å².